The fraction of sp³-hybridized carbons (Fsp3) is 1.00. The summed E-state index contributed by atoms with van der Waals surface area (Å²) in [5.74, 6) is 0. The highest BCUT2D eigenvalue weighted by atomic mass is 16.3. The molecule has 1 rings (SSSR count). The van der Waals surface area contributed by atoms with Gasteiger partial charge in [0.2, 0.25) is 0 Å². The topological polar surface area (TPSA) is 23.1 Å². The molecule has 0 amide bonds. The molecule has 1 unspecified atom stereocenters. The molecular weight excluding hydrogens is 126 g/mol. The van der Waals surface area contributed by atoms with Crippen molar-refractivity contribution >= 4 is 0 Å². The van der Waals surface area contributed by atoms with E-state index in [0.717, 1.165) is 13.0 Å². The lowest BCUT2D eigenvalue weighted by Gasteiger charge is -2.34. The van der Waals surface area contributed by atoms with Crippen molar-refractivity contribution in [2.45, 2.75) is 32.9 Å². The van der Waals surface area contributed by atoms with Gasteiger partial charge in [-0.1, -0.05) is 13.8 Å². The van der Waals surface area contributed by atoms with E-state index in [9.17, 15) is 5.11 Å². The Labute approximate surface area is 62.8 Å². The summed E-state index contributed by atoms with van der Waals surface area (Å²) in [5, 5.41) is 11.8. The van der Waals surface area contributed by atoms with Crippen molar-refractivity contribution in [1.82, 2.24) is 4.90 Å². The number of hydrogen-bond acceptors (Lipinski definition) is 1. The van der Waals surface area contributed by atoms with Gasteiger partial charge in [0.15, 0.2) is 5.72 Å². The van der Waals surface area contributed by atoms with E-state index in [0.29, 0.717) is 0 Å². The van der Waals surface area contributed by atoms with Crippen molar-refractivity contribution in [3.8, 4) is 0 Å². The minimum absolute atomic E-state index is 0.0677. The molecule has 10 heavy (non-hydrogen) atoms. The van der Waals surface area contributed by atoms with Crippen LogP contribution in [0.2, 0.25) is 0 Å². The molecular formula is C8H16NO. The predicted molar refractivity (Wildman–Crippen MR) is 40.1 cm³/mol. The molecule has 1 aliphatic heterocycles. The smallest absolute Gasteiger partial charge is 0.158 e. The molecule has 1 fully saturated rings. The Morgan fingerprint density at radius 2 is 1.80 bits per heavy atom. The predicted octanol–water partition coefficient (Wildman–Crippen LogP) is 1.49. The van der Waals surface area contributed by atoms with Gasteiger partial charge in [0.1, 0.15) is 0 Å². The highest BCUT2D eigenvalue weighted by molar-refractivity contribution is 4.94. The third kappa shape index (κ3) is 0.867. The second-order valence-electron chi connectivity index (χ2n) is 4.04. The van der Waals surface area contributed by atoms with Crippen LogP contribution in [-0.4, -0.2) is 24.2 Å². The van der Waals surface area contributed by atoms with Gasteiger partial charge in [-0.25, -0.2) is 5.11 Å². The molecule has 2 nitrogen and oxygen atoms in total. The van der Waals surface area contributed by atoms with Crippen molar-refractivity contribution in [3.05, 3.63) is 0 Å². The molecule has 0 aliphatic carbocycles. The van der Waals surface area contributed by atoms with Crippen LogP contribution in [0.15, 0.2) is 0 Å². The lowest BCUT2D eigenvalue weighted by atomic mass is 9.83. The van der Waals surface area contributed by atoms with Crippen LogP contribution in [0.4, 0.5) is 0 Å². The second kappa shape index (κ2) is 1.95. The Morgan fingerprint density at radius 3 is 1.90 bits per heavy atom. The van der Waals surface area contributed by atoms with Crippen LogP contribution >= 0.6 is 0 Å². The standard InChI is InChI=1S/C8H16NO/c1-7(2)5-6-9(4)8(7,3)10/h5-6H2,1-4H3. The molecule has 0 saturated carbocycles. The first-order valence-electron chi connectivity index (χ1n) is 3.79. The summed E-state index contributed by atoms with van der Waals surface area (Å²) < 4.78 is 0. The summed E-state index contributed by atoms with van der Waals surface area (Å²) >= 11 is 0. The van der Waals surface area contributed by atoms with Crippen molar-refractivity contribution in [2.24, 2.45) is 5.41 Å². The summed E-state index contributed by atoms with van der Waals surface area (Å²) in [5.41, 5.74) is -0.936. The van der Waals surface area contributed by atoms with E-state index in [4.69, 9.17) is 0 Å². The Kier molecular flexibility index (Phi) is 1.57. The van der Waals surface area contributed by atoms with E-state index < -0.39 is 5.72 Å². The van der Waals surface area contributed by atoms with Gasteiger partial charge in [0.25, 0.3) is 0 Å². The minimum Gasteiger partial charge on any atom is -0.276 e. The quantitative estimate of drug-likeness (QED) is 0.502. The Bertz CT molecular complexity index is 140. The van der Waals surface area contributed by atoms with Crippen molar-refractivity contribution < 1.29 is 5.11 Å². The largest absolute Gasteiger partial charge is 0.276 e. The zero-order valence-electron chi connectivity index (χ0n) is 7.27. The molecule has 0 spiro atoms. The molecule has 1 aliphatic rings. The minimum atomic E-state index is -0.868. The normalized spacial score (nSPS) is 40.5. The second-order valence-corrected chi connectivity index (χ2v) is 4.04. The Morgan fingerprint density at radius 1 is 1.30 bits per heavy atom. The molecule has 0 aromatic heterocycles. The summed E-state index contributed by atoms with van der Waals surface area (Å²) in [6, 6.07) is 0. The van der Waals surface area contributed by atoms with Gasteiger partial charge in [0.05, 0.1) is 0 Å². The van der Waals surface area contributed by atoms with Crippen LogP contribution in [0.3, 0.4) is 0 Å². The third-order valence-corrected chi connectivity index (χ3v) is 3.06. The number of nitrogens with zero attached hydrogens (tertiary/aromatic N) is 1. The van der Waals surface area contributed by atoms with Crippen molar-refractivity contribution in [3.63, 3.8) is 0 Å². The first-order chi connectivity index (χ1) is 4.38. The van der Waals surface area contributed by atoms with Gasteiger partial charge in [-0.05, 0) is 20.4 Å². The maximum atomic E-state index is 11.8. The van der Waals surface area contributed by atoms with Crippen molar-refractivity contribution in [2.75, 3.05) is 13.6 Å². The molecule has 0 aromatic rings. The van der Waals surface area contributed by atoms with E-state index in [1.807, 2.05) is 25.8 Å². The van der Waals surface area contributed by atoms with Gasteiger partial charge in [-0.2, -0.15) is 0 Å². The highest BCUT2D eigenvalue weighted by Gasteiger charge is 2.49. The molecule has 1 atom stereocenters. The van der Waals surface area contributed by atoms with Crippen molar-refractivity contribution in [1.29, 1.82) is 0 Å². The van der Waals surface area contributed by atoms with E-state index in [1.54, 1.807) is 6.92 Å². The fourth-order valence-electron chi connectivity index (χ4n) is 1.41. The maximum absolute atomic E-state index is 11.8. The van der Waals surface area contributed by atoms with Gasteiger partial charge in [-0.15, -0.1) is 0 Å². The zero-order valence-corrected chi connectivity index (χ0v) is 7.27. The van der Waals surface area contributed by atoms with Crippen LogP contribution < -0.4 is 0 Å². The molecule has 1 saturated heterocycles. The summed E-state index contributed by atoms with van der Waals surface area (Å²) in [4.78, 5) is 1.90. The molecule has 59 valence electrons. The number of likely N-dealkylation sites (tertiary alicyclic amines) is 1. The molecule has 0 bridgehead atoms. The van der Waals surface area contributed by atoms with Crippen LogP contribution in [0.25, 0.3) is 0 Å². The average molecular weight is 142 g/mol. The van der Waals surface area contributed by atoms with Gasteiger partial charge in [-0.3, -0.25) is 4.90 Å². The highest BCUT2D eigenvalue weighted by Crippen LogP contribution is 2.42. The van der Waals surface area contributed by atoms with Crippen LogP contribution in [0, 0.1) is 5.41 Å². The van der Waals surface area contributed by atoms with Crippen LogP contribution in [0.5, 0.6) is 0 Å². The van der Waals surface area contributed by atoms with E-state index in [2.05, 4.69) is 0 Å². The summed E-state index contributed by atoms with van der Waals surface area (Å²) in [6.45, 7) is 6.81. The Balaban J connectivity index is 2.84. The molecule has 0 aromatic carbocycles. The maximum Gasteiger partial charge on any atom is 0.158 e. The SMILES string of the molecule is CN1CCC(C)(C)C1(C)[O]. The molecule has 1 heterocycles. The number of hydrogen-bond donors (Lipinski definition) is 0. The molecule has 2 heteroatoms. The van der Waals surface area contributed by atoms with Gasteiger partial charge < -0.3 is 0 Å². The summed E-state index contributed by atoms with van der Waals surface area (Å²) in [6.07, 6.45) is 1.02. The first kappa shape index (κ1) is 8.02. The van der Waals surface area contributed by atoms with E-state index >= 15 is 0 Å². The van der Waals surface area contributed by atoms with E-state index in [1.165, 1.54) is 0 Å². The van der Waals surface area contributed by atoms with Gasteiger partial charge >= 0.3 is 0 Å². The van der Waals surface area contributed by atoms with Gasteiger partial charge in [0, 0.05) is 12.0 Å². The lowest BCUT2D eigenvalue weighted by molar-refractivity contribution is -0.164. The van der Waals surface area contributed by atoms with E-state index in [-0.39, 0.29) is 5.41 Å². The molecule has 1 radical (unpaired) electrons. The monoisotopic (exact) mass is 142 g/mol. The Hall–Kier alpha value is -0.0800. The fourth-order valence-corrected chi connectivity index (χ4v) is 1.41. The average Bonchev–Trinajstić information content (AvgIpc) is 1.94. The zero-order chi connectivity index (χ0) is 7.99. The summed E-state index contributed by atoms with van der Waals surface area (Å²) in [7, 11) is 1.90. The number of rotatable bonds is 0. The van der Waals surface area contributed by atoms with Crippen LogP contribution in [-0.2, 0) is 5.11 Å². The first-order valence-corrected chi connectivity index (χ1v) is 3.79. The molecule has 0 N–H and O–H groups in total. The third-order valence-electron chi connectivity index (χ3n) is 3.06. The van der Waals surface area contributed by atoms with Crippen LogP contribution in [0.1, 0.15) is 27.2 Å². The lowest BCUT2D eigenvalue weighted by Crippen LogP contribution is -2.45.